The van der Waals surface area contributed by atoms with Crippen LogP contribution in [-0.2, 0) is 71.1 Å². The van der Waals surface area contributed by atoms with Crippen molar-refractivity contribution in [1.82, 2.24) is 0 Å². The number of ether oxygens (including phenoxy) is 8. The Hall–Kier alpha value is -7.58. The average Bonchev–Trinajstić information content (AvgIpc) is 0.673. The summed E-state index contributed by atoms with van der Waals surface area (Å²) in [6.07, 6.45) is -14.0. The zero-order chi connectivity index (χ0) is 73.9. The van der Waals surface area contributed by atoms with Crippen molar-refractivity contribution in [2.75, 3.05) is 13.2 Å². The molecule has 0 amide bonds. The molecule has 12 rings (SSSR count). The summed E-state index contributed by atoms with van der Waals surface area (Å²) in [5.74, 6) is -8.59. The second-order valence-corrected chi connectivity index (χ2v) is 35.5. The molecule has 8 aliphatic rings. The molecular weight excluding hydrogens is 1320 g/mol. The quantitative estimate of drug-likeness (QED) is 0.0417. The molecule has 2 heterocycles. The number of hydrogen-bond acceptors (Lipinski definition) is 22. The average molecular weight is 1410 g/mol. The Labute approximate surface area is 589 Å². The van der Waals surface area contributed by atoms with Crippen LogP contribution in [0.1, 0.15) is 150 Å². The Morgan fingerprint density at radius 1 is 0.495 bits per heavy atom. The van der Waals surface area contributed by atoms with Gasteiger partial charge in [0.15, 0.2) is 35.0 Å². The first-order chi connectivity index (χ1) is 47.2. The maximum Gasteiger partial charge on any atom is 0.338 e. The minimum atomic E-state index is -3.51. The van der Waals surface area contributed by atoms with E-state index in [4.69, 9.17) is 42.3 Å². The standard InChI is InChI=1S/C47H56O11Si.C31H38O11/c1-28-34(50)26-47(53)41(56-42(52)31-19-13-10-14-20-31)39-45(9,40(51)38(55-29(2)48)37(28)44(47,7)8)35(25-36-46(39,27-54-36)57-30(3)49)58-59(43(4,5)6,32-21-15-11-16-22-32)33-23-17-12-18-24-33;1-15-19(34)13-31(38)26(41-27(37)18-10-8-7-9-11-18)24-29(6,20(35)12-21-30(24,14-39-21)42-17(3)33)25(36)23(40-16(2)32)22(15)28(31,4)5/h10-24,34-36,38-39,41,50,53H,25-27H2,1-9H3;7-11,19-21,23-24,26,34-35,38H,12-14H2,1-6H3/t34?,35?,36?,38?,39?,41?,45-,46+,47?;19?,20?,21?,23?,24?,26?,29-,30+,31?/m11/s1. The molecule has 0 radical (unpaired) electrons. The van der Waals surface area contributed by atoms with Gasteiger partial charge in [0.2, 0.25) is 0 Å². The van der Waals surface area contributed by atoms with Crippen LogP contribution in [0, 0.1) is 33.5 Å². The normalized spacial score (nSPS) is 35.8. The third-order valence-electron chi connectivity index (χ3n) is 24.1. The Morgan fingerprint density at radius 2 is 0.842 bits per heavy atom. The van der Waals surface area contributed by atoms with Gasteiger partial charge >= 0.3 is 35.8 Å². The van der Waals surface area contributed by atoms with Crippen LogP contribution in [0.25, 0.3) is 0 Å². The molecule has 14 unspecified atom stereocenters. The molecule has 22 nitrogen and oxygen atoms in total. The number of carbonyl (C=O) groups is 8. The highest BCUT2D eigenvalue weighted by atomic mass is 28.4. The molecule has 4 aromatic carbocycles. The lowest BCUT2D eigenvalue weighted by molar-refractivity contribution is -0.345. The smallest absolute Gasteiger partial charge is 0.338 e. The summed E-state index contributed by atoms with van der Waals surface area (Å²) in [5, 5.41) is 62.5. The highest BCUT2D eigenvalue weighted by Crippen LogP contribution is 2.67. The van der Waals surface area contributed by atoms with Gasteiger partial charge in [-0.15, -0.1) is 0 Å². The molecule has 23 heteroatoms. The Kier molecular flexibility index (Phi) is 19.4. The van der Waals surface area contributed by atoms with E-state index < -0.39 is 178 Å². The van der Waals surface area contributed by atoms with E-state index in [1.807, 2.05) is 60.7 Å². The lowest BCUT2D eigenvalue weighted by Gasteiger charge is -2.68. The first-order valence-electron chi connectivity index (χ1n) is 34.5. The number of aliphatic hydroxyl groups is 5. The number of fused-ring (bicyclic) bond motifs is 10. The summed E-state index contributed by atoms with van der Waals surface area (Å²) < 4.78 is 56.8. The fourth-order valence-corrected chi connectivity index (χ4v) is 23.6. The number of Topliss-reactive ketones (excluding diaryl/α,β-unsaturated/α-hetero) is 2. The van der Waals surface area contributed by atoms with Gasteiger partial charge in [0.05, 0.1) is 71.4 Å². The van der Waals surface area contributed by atoms with E-state index in [1.54, 1.807) is 97.0 Å². The fraction of sp³-hybridized carbons (Fsp3) is 0.538. The molecule has 0 spiro atoms. The first kappa shape index (κ1) is 74.6. The van der Waals surface area contributed by atoms with E-state index in [-0.39, 0.29) is 61.2 Å². The van der Waals surface area contributed by atoms with E-state index in [9.17, 15) is 59.1 Å². The van der Waals surface area contributed by atoms with Crippen molar-refractivity contribution in [3.05, 3.63) is 155 Å². The summed E-state index contributed by atoms with van der Waals surface area (Å²) in [5.41, 5.74) is -12.7. The van der Waals surface area contributed by atoms with Gasteiger partial charge in [-0.3, -0.25) is 28.8 Å². The SMILES string of the molecule is CC(=O)OC1C(=O)[C@]2(C)C(O)CC3OC[C@@]3(OC(C)=O)C2C(OC(=O)c2ccccc2)C2(O)CC(O)C(C)=C1C2(C)C.CC(=O)OC1C(=O)[C@]2(C)C(O[Si](c3ccccc3)(c3ccccc3)C(C)(C)C)CC3OC[C@@]3(OC(C)=O)C2C(OC(=O)c2ccccc2)C2(O)CC(O)C(C)=C1C2(C)C. The van der Waals surface area contributed by atoms with Crippen molar-refractivity contribution >= 4 is 66.1 Å². The van der Waals surface area contributed by atoms with Gasteiger partial charge in [-0.1, -0.05) is 146 Å². The molecular formula is C78H94O22Si. The molecule has 5 N–H and O–H groups in total. The van der Waals surface area contributed by atoms with Gasteiger partial charge in [0.25, 0.3) is 8.32 Å². The van der Waals surface area contributed by atoms with Gasteiger partial charge in [0, 0.05) is 64.2 Å². The topological polar surface area (TPSA) is 321 Å². The summed E-state index contributed by atoms with van der Waals surface area (Å²) in [6, 6.07) is 36.2. The minimum absolute atomic E-state index is 0.0607. The molecule has 101 heavy (non-hydrogen) atoms. The van der Waals surface area contributed by atoms with Gasteiger partial charge in [-0.05, 0) is 89.7 Å². The molecule has 542 valence electrons. The molecule has 18 atom stereocenters. The monoisotopic (exact) mass is 1410 g/mol. The Balaban J connectivity index is 0.000000215. The van der Waals surface area contributed by atoms with Crippen molar-refractivity contribution in [3.63, 3.8) is 0 Å². The van der Waals surface area contributed by atoms with E-state index >= 15 is 4.79 Å². The van der Waals surface area contributed by atoms with Crippen LogP contribution in [-0.4, -0.2) is 178 Å². The summed E-state index contributed by atoms with van der Waals surface area (Å²) >= 11 is 0. The molecule has 2 saturated heterocycles. The number of benzene rings is 4. The predicted molar refractivity (Wildman–Crippen MR) is 366 cm³/mol. The number of hydrogen-bond donors (Lipinski definition) is 5. The second-order valence-electron chi connectivity index (χ2n) is 31.3. The summed E-state index contributed by atoms with van der Waals surface area (Å²) in [4.78, 5) is 111. The van der Waals surface area contributed by atoms with Gasteiger partial charge in [0.1, 0.15) is 35.6 Å². The second kappa shape index (κ2) is 26.3. The summed E-state index contributed by atoms with van der Waals surface area (Å²) in [6.45, 7) is 23.8. The Bertz CT molecular complexity index is 3960. The van der Waals surface area contributed by atoms with E-state index in [0.717, 1.165) is 17.3 Å². The van der Waals surface area contributed by atoms with Crippen LogP contribution in [0.4, 0.5) is 0 Å². The molecule has 6 aliphatic carbocycles. The van der Waals surface area contributed by atoms with Crippen molar-refractivity contribution in [3.8, 4) is 0 Å². The maximum absolute atomic E-state index is 16.3. The van der Waals surface area contributed by atoms with Crippen molar-refractivity contribution in [2.45, 2.75) is 218 Å². The predicted octanol–water partition coefficient (Wildman–Crippen LogP) is 6.89. The van der Waals surface area contributed by atoms with Crippen LogP contribution >= 0.6 is 0 Å². The van der Waals surface area contributed by atoms with Crippen LogP contribution in [0.3, 0.4) is 0 Å². The molecule has 2 aliphatic heterocycles. The van der Waals surface area contributed by atoms with Crippen molar-refractivity contribution in [2.24, 2.45) is 33.5 Å². The zero-order valence-corrected chi connectivity index (χ0v) is 60.9. The molecule has 4 saturated carbocycles. The molecule has 4 aromatic rings. The van der Waals surface area contributed by atoms with Crippen LogP contribution in [0.5, 0.6) is 0 Å². The fourth-order valence-electron chi connectivity index (χ4n) is 18.9. The van der Waals surface area contributed by atoms with E-state index in [1.165, 1.54) is 39.8 Å². The lowest BCUT2D eigenvalue weighted by atomic mass is 9.44. The van der Waals surface area contributed by atoms with Gasteiger partial charge in [-0.2, -0.15) is 0 Å². The number of rotatable bonds is 12. The van der Waals surface area contributed by atoms with Crippen molar-refractivity contribution < 1.29 is 106 Å². The lowest BCUT2D eigenvalue weighted by Crippen LogP contribution is -2.83. The number of carbonyl (C=O) groups excluding carboxylic acids is 8. The number of aliphatic hydroxyl groups excluding tert-OH is 3. The number of esters is 6. The maximum atomic E-state index is 16.3. The van der Waals surface area contributed by atoms with Crippen LogP contribution in [0.2, 0.25) is 5.04 Å². The van der Waals surface area contributed by atoms with Gasteiger partial charge in [-0.25, -0.2) is 9.59 Å². The molecule has 6 fully saturated rings. The van der Waals surface area contributed by atoms with E-state index in [2.05, 4.69) is 20.8 Å². The van der Waals surface area contributed by atoms with Crippen LogP contribution < -0.4 is 10.4 Å². The first-order valence-corrected chi connectivity index (χ1v) is 36.4. The number of ketones is 2. The minimum Gasteiger partial charge on any atom is -0.455 e. The zero-order valence-electron chi connectivity index (χ0n) is 59.9. The van der Waals surface area contributed by atoms with E-state index in [0.29, 0.717) is 11.1 Å². The highest BCUT2D eigenvalue weighted by Gasteiger charge is 2.81. The van der Waals surface area contributed by atoms with Crippen molar-refractivity contribution in [1.29, 1.82) is 0 Å². The largest absolute Gasteiger partial charge is 0.455 e. The third kappa shape index (κ3) is 11.5. The molecule has 4 bridgehead atoms. The third-order valence-corrected chi connectivity index (χ3v) is 29.2. The van der Waals surface area contributed by atoms with Crippen LogP contribution in [0.15, 0.2) is 144 Å². The van der Waals surface area contributed by atoms with Gasteiger partial charge < -0.3 is 67.9 Å². The summed E-state index contributed by atoms with van der Waals surface area (Å²) in [7, 11) is -3.51. The Morgan fingerprint density at radius 3 is 1.18 bits per heavy atom. The highest BCUT2D eigenvalue weighted by molar-refractivity contribution is 6.99. The molecule has 0 aromatic heterocycles.